The van der Waals surface area contributed by atoms with Gasteiger partial charge in [-0.3, -0.25) is 4.79 Å². The second-order valence-electron chi connectivity index (χ2n) is 7.58. The van der Waals surface area contributed by atoms with Gasteiger partial charge in [-0.2, -0.15) is 4.79 Å². The van der Waals surface area contributed by atoms with Gasteiger partial charge in [-0.05, 0) is 19.4 Å². The minimum atomic E-state index is -0.755. The first-order valence-corrected chi connectivity index (χ1v) is 9.94. The molecular weight excluding hydrogens is 333 g/mol. The van der Waals surface area contributed by atoms with Crippen molar-refractivity contribution in [1.29, 1.82) is 0 Å². The van der Waals surface area contributed by atoms with Gasteiger partial charge in [0.1, 0.15) is 0 Å². The van der Waals surface area contributed by atoms with Crippen LogP contribution in [0.4, 0.5) is 4.48 Å². The molecule has 0 radical (unpaired) electrons. The van der Waals surface area contributed by atoms with E-state index in [1.165, 1.54) is 44.6 Å². The summed E-state index contributed by atoms with van der Waals surface area (Å²) in [5.41, 5.74) is -0.589. The van der Waals surface area contributed by atoms with Crippen LogP contribution in [0.2, 0.25) is 0 Å². The van der Waals surface area contributed by atoms with Crippen molar-refractivity contribution < 1.29 is 18.8 Å². The number of nitrogens with zero attached hydrogens (tertiary/aromatic N) is 1. The van der Waals surface area contributed by atoms with Crippen LogP contribution in [0.5, 0.6) is 0 Å². The summed E-state index contributed by atoms with van der Waals surface area (Å²) >= 11 is 0. The Hall–Kier alpha value is -1.65. The number of Topliss-reactive ketones (excluding diaryl/α,β-unsaturated/α-hetero) is 1. The van der Waals surface area contributed by atoms with Crippen LogP contribution in [0.1, 0.15) is 106 Å². The van der Waals surface area contributed by atoms with Crippen molar-refractivity contribution in [3.05, 3.63) is 23.5 Å². The molecule has 0 bridgehead atoms. The quantitative estimate of drug-likeness (QED) is 0.239. The molecule has 26 heavy (non-hydrogen) atoms. The van der Waals surface area contributed by atoms with Gasteiger partial charge in [0.25, 0.3) is 0 Å². The summed E-state index contributed by atoms with van der Waals surface area (Å²) in [7, 11) is 0. The van der Waals surface area contributed by atoms with Crippen molar-refractivity contribution in [1.82, 2.24) is 4.79 Å². The number of hydrogen-bond acceptors (Lipinski definition) is 3. The number of unbranched alkanes of at least 4 members (excludes halogenated alkanes) is 7. The molecule has 0 amide bonds. The monoisotopic (exact) mass is 367 g/mol. The van der Waals surface area contributed by atoms with Crippen LogP contribution >= 0.6 is 0 Å². The smallest absolute Gasteiger partial charge is 0.357 e. The summed E-state index contributed by atoms with van der Waals surface area (Å²) in [5, 5.41) is 0. The first-order valence-electron chi connectivity index (χ1n) is 9.94. The minimum absolute atomic E-state index is 0.137. The zero-order valence-corrected chi connectivity index (χ0v) is 16.8. The number of aromatic nitrogens is 1. The summed E-state index contributed by atoms with van der Waals surface area (Å²) in [6, 6.07) is 1.29. The van der Waals surface area contributed by atoms with Crippen molar-refractivity contribution >= 4 is 11.8 Å². The standard InChI is InChI=1S/C21H34FNO3/c1-5-7-8-9-10-11-12-13-14-21(3,4)19(24)17-15-18(23(22)16-17)20(25)26-6-2/h15-16H,5-14H2,1-4H3. The largest absolute Gasteiger partial charge is 0.461 e. The number of halogens is 1. The summed E-state index contributed by atoms with van der Waals surface area (Å²) in [4.78, 5) is 24.6. The van der Waals surface area contributed by atoms with Gasteiger partial charge >= 0.3 is 5.97 Å². The van der Waals surface area contributed by atoms with Gasteiger partial charge in [-0.1, -0.05) is 76.6 Å². The maximum atomic E-state index is 13.9. The Morgan fingerprint density at radius 2 is 1.62 bits per heavy atom. The van der Waals surface area contributed by atoms with Gasteiger partial charge in [-0.25, -0.2) is 4.79 Å². The van der Waals surface area contributed by atoms with E-state index in [0.29, 0.717) is 0 Å². The van der Waals surface area contributed by atoms with Crippen LogP contribution in [-0.4, -0.2) is 23.1 Å². The summed E-state index contributed by atoms with van der Waals surface area (Å²) in [6.07, 6.45) is 11.5. The van der Waals surface area contributed by atoms with E-state index in [1.807, 2.05) is 13.8 Å². The number of ketones is 1. The van der Waals surface area contributed by atoms with E-state index in [0.717, 1.165) is 25.5 Å². The average Bonchev–Trinajstić information content (AvgIpc) is 2.98. The number of rotatable bonds is 13. The summed E-state index contributed by atoms with van der Waals surface area (Å²) in [5.74, 6) is -0.891. The highest BCUT2D eigenvalue weighted by molar-refractivity contribution is 6.02. The summed E-state index contributed by atoms with van der Waals surface area (Å²) in [6.45, 7) is 7.80. The van der Waals surface area contributed by atoms with E-state index in [9.17, 15) is 14.1 Å². The summed E-state index contributed by atoms with van der Waals surface area (Å²) < 4.78 is 18.7. The van der Waals surface area contributed by atoms with Gasteiger partial charge in [-0.15, -0.1) is 0 Å². The zero-order valence-electron chi connectivity index (χ0n) is 16.8. The lowest BCUT2D eigenvalue weighted by molar-refractivity contribution is 0.0501. The zero-order chi connectivity index (χ0) is 19.6. The van der Waals surface area contributed by atoms with Crippen molar-refractivity contribution in [3.63, 3.8) is 0 Å². The molecule has 0 unspecified atom stereocenters. The van der Waals surface area contributed by atoms with Crippen LogP contribution < -0.4 is 0 Å². The molecule has 1 aromatic heterocycles. The molecule has 0 aromatic carbocycles. The van der Waals surface area contributed by atoms with E-state index in [1.54, 1.807) is 6.92 Å². The molecule has 4 nitrogen and oxygen atoms in total. The molecule has 0 N–H and O–H groups in total. The van der Waals surface area contributed by atoms with E-state index in [4.69, 9.17) is 4.74 Å². The topological polar surface area (TPSA) is 48.3 Å². The number of hydrogen-bond donors (Lipinski definition) is 0. The molecule has 0 saturated heterocycles. The molecule has 148 valence electrons. The average molecular weight is 368 g/mol. The Kier molecular flexibility index (Phi) is 9.60. The lowest BCUT2D eigenvalue weighted by Gasteiger charge is -2.22. The molecule has 0 fully saturated rings. The van der Waals surface area contributed by atoms with Crippen LogP contribution in [0.25, 0.3) is 0 Å². The number of carbonyl (C=O) groups excluding carboxylic acids is 2. The first kappa shape index (κ1) is 22.4. The molecule has 0 atom stereocenters. The highest BCUT2D eigenvalue weighted by atomic mass is 19.2. The van der Waals surface area contributed by atoms with Crippen LogP contribution in [0.3, 0.4) is 0 Å². The van der Waals surface area contributed by atoms with E-state index in [-0.39, 0.29) is 28.4 Å². The van der Waals surface area contributed by atoms with Gasteiger partial charge in [0.15, 0.2) is 11.5 Å². The fraction of sp³-hybridized carbons (Fsp3) is 0.714. The predicted octanol–water partition coefficient (Wildman–Crippen LogP) is 6.14. The van der Waals surface area contributed by atoms with E-state index < -0.39 is 11.4 Å². The van der Waals surface area contributed by atoms with Gasteiger partial charge in [0, 0.05) is 17.2 Å². The predicted molar refractivity (Wildman–Crippen MR) is 102 cm³/mol. The second kappa shape index (κ2) is 11.1. The molecule has 0 aliphatic rings. The molecule has 0 aliphatic carbocycles. The normalized spacial score (nSPS) is 11.6. The first-order chi connectivity index (χ1) is 12.3. The van der Waals surface area contributed by atoms with Crippen LogP contribution in [0, 0.1) is 5.41 Å². The third-order valence-electron chi connectivity index (χ3n) is 4.79. The highest BCUT2D eigenvalue weighted by Gasteiger charge is 2.30. The van der Waals surface area contributed by atoms with Crippen LogP contribution in [0.15, 0.2) is 12.3 Å². The minimum Gasteiger partial charge on any atom is -0.461 e. The van der Waals surface area contributed by atoms with Crippen molar-refractivity contribution in [3.8, 4) is 0 Å². The third kappa shape index (κ3) is 6.93. The second-order valence-corrected chi connectivity index (χ2v) is 7.58. The van der Waals surface area contributed by atoms with Crippen LogP contribution in [-0.2, 0) is 4.74 Å². The Morgan fingerprint density at radius 3 is 2.19 bits per heavy atom. The van der Waals surface area contributed by atoms with Gasteiger partial charge in [0.05, 0.1) is 6.61 Å². The van der Waals surface area contributed by atoms with E-state index in [2.05, 4.69) is 6.92 Å². The molecule has 1 aromatic rings. The number of esters is 1. The number of ether oxygens (including phenoxy) is 1. The third-order valence-corrected chi connectivity index (χ3v) is 4.79. The Morgan fingerprint density at radius 1 is 1.04 bits per heavy atom. The maximum Gasteiger partial charge on any atom is 0.357 e. The molecule has 0 saturated carbocycles. The van der Waals surface area contributed by atoms with Crippen molar-refractivity contribution in [2.75, 3.05) is 6.61 Å². The van der Waals surface area contributed by atoms with Gasteiger partial charge in [0.2, 0.25) is 0 Å². The Bertz CT molecular complexity index is 578. The SMILES string of the molecule is CCCCCCCCCCC(C)(C)C(=O)c1cc(C(=O)OCC)n(F)c1. The lowest BCUT2D eigenvalue weighted by Crippen LogP contribution is -2.24. The fourth-order valence-electron chi connectivity index (χ4n) is 3.12. The Labute approximate surface area is 157 Å². The van der Waals surface area contributed by atoms with Crippen molar-refractivity contribution in [2.24, 2.45) is 5.41 Å². The molecular formula is C21H34FNO3. The Balaban J connectivity index is 2.49. The lowest BCUT2D eigenvalue weighted by atomic mass is 9.80. The highest BCUT2D eigenvalue weighted by Crippen LogP contribution is 2.29. The van der Waals surface area contributed by atoms with E-state index >= 15 is 0 Å². The van der Waals surface area contributed by atoms with Gasteiger partial charge < -0.3 is 4.74 Å². The molecule has 0 spiro atoms. The number of carbonyl (C=O) groups is 2. The fourth-order valence-corrected chi connectivity index (χ4v) is 3.12. The molecule has 1 rings (SSSR count). The molecule has 1 heterocycles. The van der Waals surface area contributed by atoms with Crippen molar-refractivity contribution in [2.45, 2.75) is 85.5 Å². The molecule has 0 aliphatic heterocycles. The maximum absolute atomic E-state index is 13.9. The molecule has 5 heteroatoms.